The second-order valence-corrected chi connectivity index (χ2v) is 6.05. The molecular weight excluding hydrogens is 278 g/mol. The number of rotatable bonds is 5. The van der Waals surface area contributed by atoms with Crippen molar-refractivity contribution < 1.29 is 9.53 Å². The van der Waals surface area contributed by atoms with Crippen molar-refractivity contribution >= 4 is 5.91 Å². The van der Waals surface area contributed by atoms with Gasteiger partial charge in [0, 0.05) is 43.6 Å². The van der Waals surface area contributed by atoms with Gasteiger partial charge in [0.2, 0.25) is 11.8 Å². The molecule has 122 valence electrons. The van der Waals surface area contributed by atoms with Crippen LogP contribution in [-0.2, 0) is 4.79 Å². The minimum Gasteiger partial charge on any atom is -0.474 e. The normalized spacial score (nSPS) is 16.1. The predicted octanol–water partition coefficient (Wildman–Crippen LogP) is 2.90. The van der Waals surface area contributed by atoms with E-state index in [9.17, 15) is 4.79 Å². The molecular formula is C17H27N3O2. The number of likely N-dealkylation sites (tertiary alicyclic amines) is 1. The molecule has 0 saturated carbocycles. The standard InChI is InChI=1S/C17H27N3O2/c1-5-14(6-2)17(21)20-9-7-15(8-10-20)22-16-11-12(3)18-13(4)19-16/h11,14-15H,5-10H2,1-4H3. The number of hydrogen-bond donors (Lipinski definition) is 0. The van der Waals surface area contributed by atoms with Gasteiger partial charge in [0.15, 0.2) is 0 Å². The van der Waals surface area contributed by atoms with Gasteiger partial charge in [0.25, 0.3) is 0 Å². The second kappa shape index (κ2) is 7.56. The second-order valence-electron chi connectivity index (χ2n) is 6.05. The van der Waals surface area contributed by atoms with Gasteiger partial charge in [-0.2, -0.15) is 4.98 Å². The highest BCUT2D eigenvalue weighted by molar-refractivity contribution is 5.78. The number of amides is 1. The van der Waals surface area contributed by atoms with Gasteiger partial charge in [0.05, 0.1) is 0 Å². The molecule has 22 heavy (non-hydrogen) atoms. The fraction of sp³-hybridized carbons (Fsp3) is 0.706. The fourth-order valence-electron chi connectivity index (χ4n) is 3.00. The lowest BCUT2D eigenvalue weighted by atomic mass is 9.99. The maximum Gasteiger partial charge on any atom is 0.225 e. The van der Waals surface area contributed by atoms with Crippen molar-refractivity contribution in [2.24, 2.45) is 5.92 Å². The molecule has 1 aliphatic rings. The third kappa shape index (κ3) is 4.18. The lowest BCUT2D eigenvalue weighted by molar-refractivity contribution is -0.137. The summed E-state index contributed by atoms with van der Waals surface area (Å²) in [5, 5.41) is 0. The van der Waals surface area contributed by atoms with E-state index in [-0.39, 0.29) is 12.0 Å². The summed E-state index contributed by atoms with van der Waals surface area (Å²) in [4.78, 5) is 23.0. The molecule has 0 N–H and O–H groups in total. The SMILES string of the molecule is CCC(CC)C(=O)N1CCC(Oc2cc(C)nc(C)n2)CC1. The van der Waals surface area contributed by atoms with Crippen LogP contribution in [0.2, 0.25) is 0 Å². The van der Waals surface area contributed by atoms with Crippen molar-refractivity contribution in [1.29, 1.82) is 0 Å². The zero-order chi connectivity index (χ0) is 16.1. The van der Waals surface area contributed by atoms with E-state index in [0.717, 1.165) is 50.3 Å². The van der Waals surface area contributed by atoms with Crippen LogP contribution < -0.4 is 4.74 Å². The van der Waals surface area contributed by atoms with Gasteiger partial charge in [0.1, 0.15) is 11.9 Å². The van der Waals surface area contributed by atoms with Crippen molar-refractivity contribution in [3.63, 3.8) is 0 Å². The molecule has 1 aliphatic heterocycles. The molecule has 5 heteroatoms. The van der Waals surface area contributed by atoms with Crippen molar-refractivity contribution in [2.45, 2.75) is 59.5 Å². The highest BCUT2D eigenvalue weighted by Gasteiger charge is 2.27. The number of hydrogen-bond acceptors (Lipinski definition) is 4. The number of carbonyl (C=O) groups excluding carboxylic acids is 1. The minimum atomic E-state index is 0.138. The summed E-state index contributed by atoms with van der Waals surface area (Å²) in [5.41, 5.74) is 0.920. The fourth-order valence-corrected chi connectivity index (χ4v) is 3.00. The molecule has 1 aromatic heterocycles. The Labute approximate surface area is 133 Å². The number of carbonyl (C=O) groups is 1. The van der Waals surface area contributed by atoms with Crippen LogP contribution in [0, 0.1) is 19.8 Å². The Morgan fingerprint density at radius 3 is 2.45 bits per heavy atom. The molecule has 1 amide bonds. The van der Waals surface area contributed by atoms with E-state index in [4.69, 9.17) is 4.74 Å². The van der Waals surface area contributed by atoms with Gasteiger partial charge in [-0.3, -0.25) is 4.79 Å². The number of nitrogens with zero attached hydrogens (tertiary/aromatic N) is 3. The summed E-state index contributed by atoms with van der Waals surface area (Å²) < 4.78 is 5.97. The molecule has 0 radical (unpaired) electrons. The lowest BCUT2D eigenvalue weighted by Gasteiger charge is -2.33. The van der Waals surface area contributed by atoms with Crippen molar-refractivity contribution in [3.8, 4) is 5.88 Å². The maximum atomic E-state index is 12.4. The van der Waals surface area contributed by atoms with Crippen LogP contribution in [0.4, 0.5) is 0 Å². The monoisotopic (exact) mass is 305 g/mol. The Morgan fingerprint density at radius 2 is 1.91 bits per heavy atom. The molecule has 0 aliphatic carbocycles. The van der Waals surface area contributed by atoms with Gasteiger partial charge in [-0.15, -0.1) is 0 Å². The van der Waals surface area contributed by atoms with Gasteiger partial charge in [-0.05, 0) is 26.7 Å². The van der Waals surface area contributed by atoms with Gasteiger partial charge in [-0.25, -0.2) is 4.98 Å². The van der Waals surface area contributed by atoms with Crippen LogP contribution in [0.3, 0.4) is 0 Å². The first kappa shape index (κ1) is 16.7. The molecule has 1 aromatic rings. The van der Waals surface area contributed by atoms with Crippen LogP contribution in [0.25, 0.3) is 0 Å². The molecule has 0 aromatic carbocycles. The summed E-state index contributed by atoms with van der Waals surface area (Å²) in [6.07, 6.45) is 3.72. The lowest BCUT2D eigenvalue weighted by Crippen LogP contribution is -2.44. The third-order valence-electron chi connectivity index (χ3n) is 4.32. The molecule has 5 nitrogen and oxygen atoms in total. The van der Waals surface area contributed by atoms with Crippen LogP contribution in [0.15, 0.2) is 6.07 Å². The number of ether oxygens (including phenoxy) is 1. The highest BCUT2D eigenvalue weighted by Crippen LogP contribution is 2.20. The summed E-state index contributed by atoms with van der Waals surface area (Å²) in [7, 11) is 0. The Kier molecular flexibility index (Phi) is 5.75. The van der Waals surface area contributed by atoms with Gasteiger partial charge < -0.3 is 9.64 Å². The highest BCUT2D eigenvalue weighted by atomic mass is 16.5. The summed E-state index contributed by atoms with van der Waals surface area (Å²) in [5.74, 6) is 1.85. The Morgan fingerprint density at radius 1 is 1.27 bits per heavy atom. The summed E-state index contributed by atoms with van der Waals surface area (Å²) in [6.45, 7) is 9.55. The van der Waals surface area contributed by atoms with E-state index >= 15 is 0 Å². The molecule has 2 heterocycles. The first-order valence-corrected chi connectivity index (χ1v) is 8.31. The average molecular weight is 305 g/mol. The first-order chi connectivity index (χ1) is 10.5. The van der Waals surface area contributed by atoms with Crippen LogP contribution in [-0.4, -0.2) is 40.0 Å². The smallest absolute Gasteiger partial charge is 0.225 e. The Balaban J connectivity index is 1.88. The third-order valence-corrected chi connectivity index (χ3v) is 4.32. The molecule has 0 spiro atoms. The maximum absolute atomic E-state index is 12.4. The van der Waals surface area contributed by atoms with E-state index in [1.807, 2.05) is 24.8 Å². The Hall–Kier alpha value is -1.65. The van der Waals surface area contributed by atoms with Crippen LogP contribution in [0.5, 0.6) is 5.88 Å². The zero-order valence-corrected chi connectivity index (χ0v) is 14.1. The predicted molar refractivity (Wildman–Crippen MR) is 85.8 cm³/mol. The van der Waals surface area contributed by atoms with Crippen molar-refractivity contribution in [3.05, 3.63) is 17.6 Å². The summed E-state index contributed by atoms with van der Waals surface area (Å²) in [6, 6.07) is 1.87. The molecule has 0 atom stereocenters. The van der Waals surface area contributed by atoms with E-state index in [1.165, 1.54) is 0 Å². The van der Waals surface area contributed by atoms with E-state index in [1.54, 1.807) is 0 Å². The molecule has 1 fully saturated rings. The zero-order valence-electron chi connectivity index (χ0n) is 14.1. The molecule has 0 unspecified atom stereocenters. The molecule has 2 rings (SSSR count). The van der Waals surface area contributed by atoms with Gasteiger partial charge in [-0.1, -0.05) is 13.8 Å². The van der Waals surface area contributed by atoms with Crippen LogP contribution in [0.1, 0.15) is 51.0 Å². The minimum absolute atomic E-state index is 0.138. The quantitative estimate of drug-likeness (QED) is 0.839. The molecule has 1 saturated heterocycles. The molecule has 0 bridgehead atoms. The van der Waals surface area contributed by atoms with E-state index < -0.39 is 0 Å². The van der Waals surface area contributed by atoms with Crippen molar-refractivity contribution in [1.82, 2.24) is 14.9 Å². The number of aryl methyl sites for hydroxylation is 2. The average Bonchev–Trinajstić information content (AvgIpc) is 2.48. The summed E-state index contributed by atoms with van der Waals surface area (Å²) >= 11 is 0. The first-order valence-electron chi connectivity index (χ1n) is 8.31. The van der Waals surface area contributed by atoms with E-state index in [2.05, 4.69) is 23.8 Å². The largest absolute Gasteiger partial charge is 0.474 e. The topological polar surface area (TPSA) is 55.3 Å². The van der Waals surface area contributed by atoms with E-state index in [0.29, 0.717) is 11.8 Å². The van der Waals surface area contributed by atoms with Crippen LogP contribution >= 0.6 is 0 Å². The number of aromatic nitrogens is 2. The Bertz CT molecular complexity index is 486. The number of piperidine rings is 1. The van der Waals surface area contributed by atoms with Crippen molar-refractivity contribution in [2.75, 3.05) is 13.1 Å². The van der Waals surface area contributed by atoms with Gasteiger partial charge >= 0.3 is 0 Å².